The van der Waals surface area contributed by atoms with Crippen molar-refractivity contribution in [1.29, 1.82) is 0 Å². The molecule has 16 heavy (non-hydrogen) atoms. The van der Waals surface area contributed by atoms with Gasteiger partial charge in [0.25, 0.3) is 0 Å². The van der Waals surface area contributed by atoms with Gasteiger partial charge in [-0.05, 0) is 31.4 Å². The van der Waals surface area contributed by atoms with Crippen LogP contribution >= 0.6 is 0 Å². The van der Waals surface area contributed by atoms with E-state index in [-0.39, 0.29) is 6.42 Å². The largest absolute Gasteiger partial charge is 0.491 e. The first-order chi connectivity index (χ1) is 7.70. The van der Waals surface area contributed by atoms with Crippen molar-refractivity contribution in [1.82, 2.24) is 0 Å². The predicted molar refractivity (Wildman–Crippen MR) is 62.5 cm³/mol. The lowest BCUT2D eigenvalue weighted by Gasteiger charge is -2.07. The Kier molecular flexibility index (Phi) is 5.19. The minimum atomic E-state index is -0.742. The van der Waals surface area contributed by atoms with Crippen LogP contribution in [0.1, 0.15) is 25.7 Å². The first kappa shape index (κ1) is 12.4. The molecule has 0 radical (unpaired) electrons. The number of carboxylic acid groups (broad SMARTS) is 1. The molecule has 0 aromatic heterocycles. The molecular formula is C12H17NO3. The summed E-state index contributed by atoms with van der Waals surface area (Å²) in [4.78, 5) is 10.3. The number of unbranched alkanes of at least 4 members (excludes halogenated alkanes) is 2. The van der Waals surface area contributed by atoms with Crippen LogP contribution in [-0.2, 0) is 4.79 Å². The van der Waals surface area contributed by atoms with Gasteiger partial charge in [-0.1, -0.05) is 12.1 Å². The summed E-state index contributed by atoms with van der Waals surface area (Å²) in [6, 6.07) is 7.34. The normalized spacial score (nSPS) is 10.0. The van der Waals surface area contributed by atoms with Gasteiger partial charge < -0.3 is 15.6 Å². The van der Waals surface area contributed by atoms with Crippen molar-refractivity contribution in [2.24, 2.45) is 0 Å². The van der Waals surface area contributed by atoms with Gasteiger partial charge in [-0.15, -0.1) is 0 Å². The van der Waals surface area contributed by atoms with Gasteiger partial charge in [0.1, 0.15) is 5.75 Å². The van der Waals surface area contributed by atoms with Crippen LogP contribution in [0.15, 0.2) is 24.3 Å². The summed E-state index contributed by atoms with van der Waals surface area (Å²) in [5.41, 5.74) is 6.33. The van der Waals surface area contributed by atoms with Gasteiger partial charge in [-0.2, -0.15) is 0 Å². The molecule has 1 rings (SSSR count). The molecule has 0 bridgehead atoms. The Morgan fingerprint density at radius 2 is 2.00 bits per heavy atom. The lowest BCUT2D eigenvalue weighted by Crippen LogP contribution is -2.01. The molecule has 0 fully saturated rings. The monoisotopic (exact) mass is 223 g/mol. The maximum absolute atomic E-state index is 10.3. The van der Waals surface area contributed by atoms with Gasteiger partial charge in [-0.3, -0.25) is 4.79 Å². The van der Waals surface area contributed by atoms with E-state index < -0.39 is 5.97 Å². The fraction of sp³-hybridized carbons (Fsp3) is 0.417. The number of hydrogen-bond donors (Lipinski definition) is 2. The highest BCUT2D eigenvalue weighted by Crippen LogP contribution is 2.19. The summed E-state index contributed by atoms with van der Waals surface area (Å²) in [7, 11) is 0. The van der Waals surface area contributed by atoms with Crippen molar-refractivity contribution in [2.75, 3.05) is 12.3 Å². The van der Waals surface area contributed by atoms with E-state index in [1.54, 1.807) is 6.07 Å². The molecule has 4 nitrogen and oxygen atoms in total. The molecule has 4 heteroatoms. The number of ether oxygens (including phenoxy) is 1. The molecule has 0 aliphatic carbocycles. The second-order valence-electron chi connectivity index (χ2n) is 3.59. The Balaban J connectivity index is 2.12. The van der Waals surface area contributed by atoms with Gasteiger partial charge in [-0.25, -0.2) is 0 Å². The molecule has 3 N–H and O–H groups in total. The standard InChI is InChI=1S/C12H17NO3/c13-10-6-3-4-7-11(10)16-9-5-1-2-8-12(14)15/h3-4,6-7H,1-2,5,8-9,13H2,(H,14,15). The van der Waals surface area contributed by atoms with Crippen LogP contribution in [-0.4, -0.2) is 17.7 Å². The van der Waals surface area contributed by atoms with Gasteiger partial charge >= 0.3 is 5.97 Å². The SMILES string of the molecule is Nc1ccccc1OCCCCCC(=O)O. The third kappa shape index (κ3) is 4.68. The van der Waals surface area contributed by atoms with Crippen molar-refractivity contribution in [2.45, 2.75) is 25.7 Å². The van der Waals surface area contributed by atoms with Gasteiger partial charge in [0.2, 0.25) is 0 Å². The summed E-state index contributed by atoms with van der Waals surface area (Å²) in [5.74, 6) is -0.0473. The van der Waals surface area contributed by atoms with Crippen molar-refractivity contribution < 1.29 is 14.6 Å². The van der Waals surface area contributed by atoms with Crippen LogP contribution in [0, 0.1) is 0 Å². The highest BCUT2D eigenvalue weighted by molar-refractivity contribution is 5.66. The number of carbonyl (C=O) groups is 1. The van der Waals surface area contributed by atoms with Crippen LogP contribution in [0.4, 0.5) is 5.69 Å². The molecule has 0 atom stereocenters. The second-order valence-corrected chi connectivity index (χ2v) is 3.59. The Bertz CT molecular complexity index is 339. The van der Waals surface area contributed by atoms with Crippen LogP contribution in [0.25, 0.3) is 0 Å². The maximum atomic E-state index is 10.3. The van der Waals surface area contributed by atoms with E-state index in [4.69, 9.17) is 15.6 Å². The van der Waals surface area contributed by atoms with Crippen LogP contribution in [0.2, 0.25) is 0 Å². The number of para-hydroxylation sites is 2. The van der Waals surface area contributed by atoms with Crippen molar-refractivity contribution in [3.63, 3.8) is 0 Å². The zero-order valence-electron chi connectivity index (χ0n) is 9.19. The fourth-order valence-corrected chi connectivity index (χ4v) is 1.35. The molecule has 0 saturated carbocycles. The molecule has 0 spiro atoms. The topological polar surface area (TPSA) is 72.5 Å². The quantitative estimate of drug-likeness (QED) is 0.549. The van der Waals surface area contributed by atoms with Crippen LogP contribution in [0.3, 0.4) is 0 Å². The Morgan fingerprint density at radius 1 is 1.25 bits per heavy atom. The Hall–Kier alpha value is -1.71. The van der Waals surface area contributed by atoms with Crippen molar-refractivity contribution in [3.8, 4) is 5.75 Å². The summed E-state index contributed by atoms with van der Waals surface area (Å²) < 4.78 is 5.47. The summed E-state index contributed by atoms with van der Waals surface area (Å²) in [6.07, 6.45) is 2.64. The van der Waals surface area contributed by atoms with E-state index in [1.165, 1.54) is 0 Å². The van der Waals surface area contributed by atoms with E-state index in [2.05, 4.69) is 0 Å². The lowest BCUT2D eigenvalue weighted by molar-refractivity contribution is -0.137. The molecule has 1 aromatic carbocycles. The van der Waals surface area contributed by atoms with E-state index in [0.717, 1.165) is 12.8 Å². The van der Waals surface area contributed by atoms with E-state index in [1.807, 2.05) is 18.2 Å². The van der Waals surface area contributed by atoms with Crippen molar-refractivity contribution >= 4 is 11.7 Å². The highest BCUT2D eigenvalue weighted by Gasteiger charge is 1.99. The van der Waals surface area contributed by atoms with Crippen LogP contribution in [0.5, 0.6) is 5.75 Å². The molecular weight excluding hydrogens is 206 g/mol. The number of nitrogen functional groups attached to an aromatic ring is 1. The summed E-state index contributed by atoms with van der Waals surface area (Å²) in [5, 5.41) is 8.44. The third-order valence-corrected chi connectivity index (χ3v) is 2.21. The lowest BCUT2D eigenvalue weighted by atomic mass is 10.2. The smallest absolute Gasteiger partial charge is 0.303 e. The van der Waals surface area contributed by atoms with Gasteiger partial charge in [0, 0.05) is 6.42 Å². The summed E-state index contributed by atoms with van der Waals surface area (Å²) >= 11 is 0. The third-order valence-electron chi connectivity index (χ3n) is 2.21. The first-order valence-corrected chi connectivity index (χ1v) is 5.39. The molecule has 0 unspecified atom stereocenters. The van der Waals surface area contributed by atoms with E-state index in [9.17, 15) is 4.79 Å². The average molecular weight is 223 g/mol. The predicted octanol–water partition coefficient (Wildman–Crippen LogP) is 2.29. The minimum Gasteiger partial charge on any atom is -0.491 e. The van der Waals surface area contributed by atoms with Crippen LogP contribution < -0.4 is 10.5 Å². The zero-order valence-corrected chi connectivity index (χ0v) is 9.19. The molecule has 0 saturated heterocycles. The first-order valence-electron chi connectivity index (χ1n) is 5.39. The maximum Gasteiger partial charge on any atom is 0.303 e. The zero-order chi connectivity index (χ0) is 11.8. The number of benzene rings is 1. The summed E-state index contributed by atoms with van der Waals surface area (Å²) in [6.45, 7) is 0.577. The number of nitrogens with two attached hydrogens (primary N) is 1. The molecule has 0 aliphatic heterocycles. The number of anilines is 1. The molecule has 1 aromatic rings. The molecule has 0 amide bonds. The molecule has 0 heterocycles. The Morgan fingerprint density at radius 3 is 2.69 bits per heavy atom. The number of rotatable bonds is 7. The number of hydrogen-bond acceptors (Lipinski definition) is 3. The van der Waals surface area contributed by atoms with Gasteiger partial charge in [0.05, 0.1) is 12.3 Å². The minimum absolute atomic E-state index is 0.230. The number of carboxylic acids is 1. The van der Waals surface area contributed by atoms with Gasteiger partial charge in [0.15, 0.2) is 0 Å². The number of aliphatic carboxylic acids is 1. The van der Waals surface area contributed by atoms with E-state index in [0.29, 0.717) is 24.5 Å². The average Bonchev–Trinajstić information content (AvgIpc) is 2.25. The second kappa shape index (κ2) is 6.71. The highest BCUT2D eigenvalue weighted by atomic mass is 16.5. The van der Waals surface area contributed by atoms with E-state index >= 15 is 0 Å². The Labute approximate surface area is 95.0 Å². The van der Waals surface area contributed by atoms with Crippen molar-refractivity contribution in [3.05, 3.63) is 24.3 Å². The molecule has 88 valence electrons. The molecule has 0 aliphatic rings. The fourth-order valence-electron chi connectivity index (χ4n) is 1.35.